The van der Waals surface area contributed by atoms with Crippen molar-refractivity contribution in [3.8, 4) is 0 Å². The van der Waals surface area contributed by atoms with Gasteiger partial charge < -0.3 is 10.6 Å². The van der Waals surface area contributed by atoms with Gasteiger partial charge in [-0.05, 0) is 52.6 Å². The zero-order valence-corrected chi connectivity index (χ0v) is 16.7. The molecule has 0 radical (unpaired) electrons. The number of aliphatic imine (C=N–C) groups is 1. The van der Waals surface area contributed by atoms with Gasteiger partial charge in [0, 0.05) is 37.5 Å². The second-order valence-corrected chi connectivity index (χ2v) is 8.23. The molecule has 0 aliphatic carbocycles. The third kappa shape index (κ3) is 5.74. The fourth-order valence-corrected chi connectivity index (χ4v) is 3.93. The molecule has 1 unspecified atom stereocenters. The minimum Gasteiger partial charge on any atom is -0.356 e. The number of thiazole rings is 1. The Morgan fingerprint density at radius 3 is 2.62 bits per heavy atom. The van der Waals surface area contributed by atoms with Gasteiger partial charge in [0.15, 0.2) is 5.96 Å². The standard InChI is InChI=1S/C18H33N5S/c1-13-7-10-23(11-8-13)14(2)12-21-18(19-5)20-9-6-17-22-15(3)16(4)24-17/h13-14H,6-12H2,1-5H3,(H2,19,20,21). The van der Waals surface area contributed by atoms with Crippen LogP contribution in [0, 0.1) is 19.8 Å². The van der Waals surface area contributed by atoms with E-state index in [1.54, 1.807) is 11.3 Å². The molecule has 1 aliphatic heterocycles. The largest absolute Gasteiger partial charge is 0.356 e. The molecule has 6 heteroatoms. The smallest absolute Gasteiger partial charge is 0.191 e. The molecule has 0 saturated carbocycles. The van der Waals surface area contributed by atoms with Crippen molar-refractivity contribution >= 4 is 17.3 Å². The van der Waals surface area contributed by atoms with E-state index in [1.165, 1.54) is 35.8 Å². The highest BCUT2D eigenvalue weighted by Crippen LogP contribution is 2.18. The van der Waals surface area contributed by atoms with E-state index < -0.39 is 0 Å². The predicted molar refractivity (Wildman–Crippen MR) is 104 cm³/mol. The number of hydrogen-bond donors (Lipinski definition) is 2. The van der Waals surface area contributed by atoms with Gasteiger partial charge in [0.05, 0.1) is 10.7 Å². The van der Waals surface area contributed by atoms with Crippen molar-refractivity contribution in [3.63, 3.8) is 0 Å². The Labute approximate surface area is 151 Å². The van der Waals surface area contributed by atoms with Gasteiger partial charge >= 0.3 is 0 Å². The van der Waals surface area contributed by atoms with Crippen LogP contribution in [0.1, 0.15) is 42.3 Å². The first-order chi connectivity index (χ1) is 11.5. The molecular formula is C18H33N5S. The van der Waals surface area contributed by atoms with Gasteiger partial charge in [0.1, 0.15) is 0 Å². The van der Waals surface area contributed by atoms with Crippen LogP contribution in [0.3, 0.4) is 0 Å². The van der Waals surface area contributed by atoms with E-state index in [9.17, 15) is 0 Å². The van der Waals surface area contributed by atoms with Gasteiger partial charge in [-0.3, -0.25) is 9.89 Å². The minimum absolute atomic E-state index is 0.542. The number of aromatic nitrogens is 1. The van der Waals surface area contributed by atoms with E-state index in [1.807, 2.05) is 7.05 Å². The molecule has 1 aromatic rings. The lowest BCUT2D eigenvalue weighted by molar-refractivity contribution is 0.147. The second kappa shape index (κ2) is 9.37. The van der Waals surface area contributed by atoms with Gasteiger partial charge in [-0.15, -0.1) is 11.3 Å². The normalized spacial score (nSPS) is 18.6. The number of rotatable bonds is 6. The summed E-state index contributed by atoms with van der Waals surface area (Å²) in [5, 5.41) is 8.06. The summed E-state index contributed by atoms with van der Waals surface area (Å²) >= 11 is 1.79. The van der Waals surface area contributed by atoms with E-state index in [0.29, 0.717) is 6.04 Å². The van der Waals surface area contributed by atoms with Crippen molar-refractivity contribution in [3.05, 3.63) is 15.6 Å². The molecule has 1 fully saturated rings. The van der Waals surface area contributed by atoms with Crippen molar-refractivity contribution < 1.29 is 0 Å². The van der Waals surface area contributed by atoms with Crippen molar-refractivity contribution in [1.29, 1.82) is 0 Å². The monoisotopic (exact) mass is 351 g/mol. The maximum absolute atomic E-state index is 4.59. The molecule has 1 atom stereocenters. The summed E-state index contributed by atoms with van der Waals surface area (Å²) in [7, 11) is 1.83. The summed E-state index contributed by atoms with van der Waals surface area (Å²) in [6.45, 7) is 13.1. The molecule has 5 nitrogen and oxygen atoms in total. The fraction of sp³-hybridized carbons (Fsp3) is 0.778. The van der Waals surface area contributed by atoms with Crippen LogP contribution in [0.2, 0.25) is 0 Å². The van der Waals surface area contributed by atoms with Gasteiger partial charge in [-0.1, -0.05) is 6.92 Å². The molecular weight excluding hydrogens is 318 g/mol. The molecule has 0 amide bonds. The minimum atomic E-state index is 0.542. The predicted octanol–water partition coefficient (Wildman–Crippen LogP) is 2.59. The van der Waals surface area contributed by atoms with E-state index >= 15 is 0 Å². The Kier molecular flexibility index (Phi) is 7.49. The number of aryl methyl sites for hydroxylation is 2. The number of piperidine rings is 1. The van der Waals surface area contributed by atoms with Crippen molar-refractivity contribution in [1.82, 2.24) is 20.5 Å². The Hall–Kier alpha value is -1.14. The summed E-state index contributed by atoms with van der Waals surface area (Å²) in [5.41, 5.74) is 1.15. The first-order valence-electron chi connectivity index (χ1n) is 9.11. The molecule has 1 saturated heterocycles. The van der Waals surface area contributed by atoms with E-state index in [2.05, 4.69) is 53.2 Å². The zero-order chi connectivity index (χ0) is 17.5. The molecule has 24 heavy (non-hydrogen) atoms. The van der Waals surface area contributed by atoms with Crippen LogP contribution in [0.25, 0.3) is 0 Å². The lowest BCUT2D eigenvalue weighted by Crippen LogP contribution is -2.48. The van der Waals surface area contributed by atoms with Crippen LogP contribution in [0.4, 0.5) is 0 Å². The molecule has 1 aromatic heterocycles. The van der Waals surface area contributed by atoms with Gasteiger partial charge in [-0.2, -0.15) is 0 Å². The molecule has 0 bridgehead atoms. The number of guanidine groups is 1. The summed E-state index contributed by atoms with van der Waals surface area (Å²) in [6, 6.07) is 0.542. The number of nitrogens with zero attached hydrogens (tertiary/aromatic N) is 3. The number of nitrogens with one attached hydrogen (secondary N) is 2. The first kappa shape index (κ1) is 19.2. The average Bonchev–Trinajstić information content (AvgIpc) is 2.89. The summed E-state index contributed by atoms with van der Waals surface area (Å²) in [5.74, 6) is 1.77. The van der Waals surface area contributed by atoms with Crippen LogP contribution in [0.5, 0.6) is 0 Å². The molecule has 0 aromatic carbocycles. The maximum atomic E-state index is 4.59. The van der Waals surface area contributed by atoms with Crippen molar-refractivity contribution in [2.75, 3.05) is 33.2 Å². The van der Waals surface area contributed by atoms with Crippen molar-refractivity contribution in [2.24, 2.45) is 10.9 Å². The Bertz CT molecular complexity index is 512. The number of likely N-dealkylation sites (tertiary alicyclic amines) is 1. The first-order valence-corrected chi connectivity index (χ1v) is 9.92. The lowest BCUT2D eigenvalue weighted by Gasteiger charge is -2.35. The highest BCUT2D eigenvalue weighted by atomic mass is 32.1. The molecule has 1 aliphatic rings. The van der Waals surface area contributed by atoms with Gasteiger partial charge in [0.2, 0.25) is 0 Å². The summed E-state index contributed by atoms with van der Waals surface area (Å²) in [6.07, 6.45) is 3.59. The van der Waals surface area contributed by atoms with Crippen LogP contribution < -0.4 is 10.6 Å². The van der Waals surface area contributed by atoms with Crippen LogP contribution in [0.15, 0.2) is 4.99 Å². The molecule has 0 spiro atoms. The Morgan fingerprint density at radius 2 is 2.04 bits per heavy atom. The van der Waals surface area contributed by atoms with E-state index in [0.717, 1.165) is 37.1 Å². The van der Waals surface area contributed by atoms with Gasteiger partial charge in [-0.25, -0.2) is 4.98 Å². The Morgan fingerprint density at radius 1 is 1.33 bits per heavy atom. The van der Waals surface area contributed by atoms with E-state index in [4.69, 9.17) is 0 Å². The van der Waals surface area contributed by atoms with Crippen LogP contribution in [-0.4, -0.2) is 55.1 Å². The molecule has 136 valence electrons. The SMILES string of the molecule is CN=C(NCCc1nc(C)c(C)s1)NCC(C)N1CCC(C)CC1. The Balaban J connectivity index is 1.68. The zero-order valence-electron chi connectivity index (χ0n) is 15.9. The molecule has 2 heterocycles. The quantitative estimate of drug-likeness (QED) is 0.611. The number of hydrogen-bond acceptors (Lipinski definition) is 4. The third-order valence-electron chi connectivity index (χ3n) is 4.93. The molecule has 2 rings (SSSR count). The van der Waals surface area contributed by atoms with E-state index in [-0.39, 0.29) is 0 Å². The fourth-order valence-electron chi connectivity index (χ4n) is 3.00. The highest BCUT2D eigenvalue weighted by molar-refractivity contribution is 7.11. The van der Waals surface area contributed by atoms with Crippen molar-refractivity contribution in [2.45, 2.75) is 53.0 Å². The molecule has 2 N–H and O–H groups in total. The van der Waals surface area contributed by atoms with Crippen LogP contribution in [-0.2, 0) is 6.42 Å². The average molecular weight is 352 g/mol. The second-order valence-electron chi connectivity index (χ2n) is 6.95. The third-order valence-corrected chi connectivity index (χ3v) is 6.07. The van der Waals surface area contributed by atoms with Gasteiger partial charge in [0.25, 0.3) is 0 Å². The van der Waals surface area contributed by atoms with Crippen LogP contribution >= 0.6 is 11.3 Å². The lowest BCUT2D eigenvalue weighted by atomic mass is 9.98. The topological polar surface area (TPSA) is 52.6 Å². The summed E-state index contributed by atoms with van der Waals surface area (Å²) < 4.78 is 0. The highest BCUT2D eigenvalue weighted by Gasteiger charge is 2.20. The maximum Gasteiger partial charge on any atom is 0.191 e. The summed E-state index contributed by atoms with van der Waals surface area (Å²) in [4.78, 5) is 12.8.